The zero-order chi connectivity index (χ0) is 12.4. The molecular weight excluding hydrogens is 230 g/mol. The molecule has 0 saturated carbocycles. The van der Waals surface area contributed by atoms with Crippen molar-refractivity contribution in [2.45, 2.75) is 13.8 Å². The number of hydrogen-bond acceptors (Lipinski definition) is 3. The van der Waals surface area contributed by atoms with Crippen molar-refractivity contribution in [2.24, 2.45) is 0 Å². The number of aldehydes is 1. The summed E-state index contributed by atoms with van der Waals surface area (Å²) in [5.41, 5.74) is 3.65. The number of carbonyl (C=O) groups excluding carboxylic acids is 1. The number of anilines is 2. The van der Waals surface area contributed by atoms with Crippen molar-refractivity contribution < 1.29 is 4.79 Å². The molecule has 0 fully saturated rings. The molecule has 0 amide bonds. The highest BCUT2D eigenvalue weighted by atomic mass is 32.1. The second kappa shape index (κ2) is 4.72. The van der Waals surface area contributed by atoms with E-state index >= 15 is 0 Å². The van der Waals surface area contributed by atoms with E-state index in [0.29, 0.717) is 0 Å². The fourth-order valence-corrected chi connectivity index (χ4v) is 2.66. The second-order valence-corrected chi connectivity index (χ2v) is 5.29. The van der Waals surface area contributed by atoms with Crippen LogP contribution in [0.1, 0.15) is 20.8 Å². The van der Waals surface area contributed by atoms with Gasteiger partial charge in [-0.1, -0.05) is 6.07 Å². The van der Waals surface area contributed by atoms with Crippen molar-refractivity contribution in [1.82, 2.24) is 0 Å². The molecule has 0 radical (unpaired) electrons. The van der Waals surface area contributed by atoms with Gasteiger partial charge in [-0.15, -0.1) is 11.3 Å². The van der Waals surface area contributed by atoms with E-state index < -0.39 is 0 Å². The van der Waals surface area contributed by atoms with E-state index in [1.165, 1.54) is 22.5 Å². The second-order valence-electron chi connectivity index (χ2n) is 4.20. The van der Waals surface area contributed by atoms with Gasteiger partial charge in [-0.25, -0.2) is 0 Å². The van der Waals surface area contributed by atoms with Gasteiger partial charge in [0.1, 0.15) is 0 Å². The third kappa shape index (κ3) is 2.56. The van der Waals surface area contributed by atoms with E-state index in [2.05, 4.69) is 36.9 Å². The highest BCUT2D eigenvalue weighted by molar-refractivity contribution is 7.17. The maximum atomic E-state index is 10.7. The van der Waals surface area contributed by atoms with Gasteiger partial charge in [-0.2, -0.15) is 0 Å². The molecule has 88 valence electrons. The number of thiophene rings is 1. The molecule has 3 heteroatoms. The summed E-state index contributed by atoms with van der Waals surface area (Å²) in [4.78, 5) is 13.5. The molecule has 0 aliphatic rings. The first-order chi connectivity index (χ1) is 8.10. The van der Waals surface area contributed by atoms with Crippen LogP contribution in [0, 0.1) is 13.8 Å². The molecule has 0 N–H and O–H groups in total. The van der Waals surface area contributed by atoms with Gasteiger partial charge in [0.25, 0.3) is 0 Å². The lowest BCUT2D eigenvalue weighted by Gasteiger charge is -2.18. The maximum absolute atomic E-state index is 10.7. The zero-order valence-electron chi connectivity index (χ0n) is 10.2. The van der Waals surface area contributed by atoms with Crippen LogP contribution in [0.15, 0.2) is 30.3 Å². The Bertz CT molecular complexity index is 525. The molecule has 0 aliphatic heterocycles. The van der Waals surface area contributed by atoms with E-state index in [0.717, 1.165) is 21.9 Å². The van der Waals surface area contributed by atoms with Gasteiger partial charge in [0.05, 0.1) is 9.88 Å². The third-order valence-electron chi connectivity index (χ3n) is 2.65. The number of nitrogens with zero attached hydrogens (tertiary/aromatic N) is 1. The number of benzene rings is 1. The smallest absolute Gasteiger partial charge is 0.160 e. The Morgan fingerprint density at radius 2 is 1.76 bits per heavy atom. The minimum Gasteiger partial charge on any atom is -0.336 e. The summed E-state index contributed by atoms with van der Waals surface area (Å²) in [7, 11) is 2.02. The topological polar surface area (TPSA) is 20.3 Å². The summed E-state index contributed by atoms with van der Waals surface area (Å²) in [6.07, 6.45) is 0.892. The Morgan fingerprint density at radius 3 is 2.29 bits per heavy atom. The number of aryl methyl sites for hydroxylation is 2. The van der Waals surface area contributed by atoms with Crippen LogP contribution in [-0.4, -0.2) is 13.3 Å². The SMILES string of the molecule is Cc1cc(C)cc(N(C)c2ccc(C=O)s2)c1. The molecule has 2 nitrogen and oxygen atoms in total. The zero-order valence-corrected chi connectivity index (χ0v) is 11.0. The Kier molecular flexibility index (Phi) is 3.29. The van der Waals surface area contributed by atoms with Crippen LogP contribution in [0.4, 0.5) is 10.7 Å². The minimum absolute atomic E-state index is 0.760. The van der Waals surface area contributed by atoms with Crippen LogP contribution >= 0.6 is 11.3 Å². The Labute approximate surface area is 106 Å². The summed E-state index contributed by atoms with van der Waals surface area (Å²) in [5.74, 6) is 0. The number of carbonyl (C=O) groups is 1. The largest absolute Gasteiger partial charge is 0.336 e. The van der Waals surface area contributed by atoms with E-state index in [1.54, 1.807) is 0 Å². The molecule has 0 unspecified atom stereocenters. The Balaban J connectivity index is 2.35. The molecule has 0 bridgehead atoms. The minimum atomic E-state index is 0.760. The molecule has 1 aromatic heterocycles. The molecular formula is C14H15NOS. The monoisotopic (exact) mass is 245 g/mol. The van der Waals surface area contributed by atoms with Gasteiger partial charge in [-0.3, -0.25) is 4.79 Å². The Hall–Kier alpha value is -1.61. The quantitative estimate of drug-likeness (QED) is 0.763. The highest BCUT2D eigenvalue weighted by Gasteiger charge is 2.07. The van der Waals surface area contributed by atoms with Gasteiger partial charge in [0, 0.05) is 12.7 Å². The highest BCUT2D eigenvalue weighted by Crippen LogP contribution is 2.31. The predicted molar refractivity (Wildman–Crippen MR) is 73.7 cm³/mol. The lowest BCUT2D eigenvalue weighted by Crippen LogP contribution is -2.07. The molecule has 2 rings (SSSR count). The normalized spacial score (nSPS) is 10.3. The fourth-order valence-electron chi connectivity index (χ4n) is 1.86. The third-order valence-corrected chi connectivity index (χ3v) is 3.74. The molecule has 0 aliphatic carbocycles. The standard InChI is InChI=1S/C14H15NOS/c1-10-6-11(2)8-12(7-10)15(3)14-5-4-13(9-16)17-14/h4-9H,1-3H3. The van der Waals surface area contributed by atoms with Crippen molar-refractivity contribution in [3.63, 3.8) is 0 Å². The molecule has 1 aromatic carbocycles. The number of rotatable bonds is 3. The number of hydrogen-bond donors (Lipinski definition) is 0. The van der Waals surface area contributed by atoms with Gasteiger partial charge >= 0.3 is 0 Å². The van der Waals surface area contributed by atoms with Crippen LogP contribution in [0.3, 0.4) is 0 Å². The molecule has 0 spiro atoms. The molecule has 0 atom stereocenters. The van der Waals surface area contributed by atoms with Crippen LogP contribution in [0.2, 0.25) is 0 Å². The summed E-state index contributed by atoms with van der Waals surface area (Å²) >= 11 is 1.51. The van der Waals surface area contributed by atoms with Crippen molar-refractivity contribution in [2.75, 3.05) is 11.9 Å². The van der Waals surface area contributed by atoms with Gasteiger partial charge < -0.3 is 4.90 Å². The first-order valence-corrected chi connectivity index (χ1v) is 6.29. The molecule has 2 aromatic rings. The molecule has 17 heavy (non-hydrogen) atoms. The maximum Gasteiger partial charge on any atom is 0.160 e. The van der Waals surface area contributed by atoms with Crippen LogP contribution in [0.5, 0.6) is 0 Å². The van der Waals surface area contributed by atoms with Crippen molar-refractivity contribution in [3.8, 4) is 0 Å². The van der Waals surface area contributed by atoms with E-state index in [4.69, 9.17) is 0 Å². The molecule has 0 saturated heterocycles. The average Bonchev–Trinajstić information content (AvgIpc) is 2.75. The van der Waals surface area contributed by atoms with E-state index in [-0.39, 0.29) is 0 Å². The summed E-state index contributed by atoms with van der Waals surface area (Å²) in [5, 5.41) is 1.08. The average molecular weight is 245 g/mol. The summed E-state index contributed by atoms with van der Waals surface area (Å²) < 4.78 is 0. The van der Waals surface area contributed by atoms with E-state index in [9.17, 15) is 4.79 Å². The van der Waals surface area contributed by atoms with Crippen molar-refractivity contribution >= 4 is 28.3 Å². The Morgan fingerprint density at radius 1 is 1.12 bits per heavy atom. The van der Waals surface area contributed by atoms with Gasteiger partial charge in [0.15, 0.2) is 6.29 Å². The van der Waals surface area contributed by atoms with Crippen LogP contribution < -0.4 is 4.90 Å². The summed E-state index contributed by atoms with van der Waals surface area (Å²) in [6, 6.07) is 10.3. The predicted octanol–water partition coefficient (Wildman–Crippen LogP) is 3.95. The van der Waals surface area contributed by atoms with Crippen molar-refractivity contribution in [3.05, 3.63) is 46.3 Å². The lowest BCUT2D eigenvalue weighted by molar-refractivity contribution is 0.112. The molecule has 1 heterocycles. The summed E-state index contributed by atoms with van der Waals surface area (Å²) in [6.45, 7) is 4.19. The fraction of sp³-hybridized carbons (Fsp3) is 0.214. The van der Waals surface area contributed by atoms with Gasteiger partial charge in [-0.05, 0) is 49.2 Å². The van der Waals surface area contributed by atoms with Gasteiger partial charge in [0.2, 0.25) is 0 Å². The van der Waals surface area contributed by atoms with Crippen LogP contribution in [-0.2, 0) is 0 Å². The van der Waals surface area contributed by atoms with E-state index in [1.807, 2.05) is 19.2 Å². The van der Waals surface area contributed by atoms with Crippen molar-refractivity contribution in [1.29, 1.82) is 0 Å². The first kappa shape index (κ1) is 11.9. The van der Waals surface area contributed by atoms with Crippen LogP contribution in [0.25, 0.3) is 0 Å². The lowest BCUT2D eigenvalue weighted by atomic mass is 10.1. The first-order valence-electron chi connectivity index (χ1n) is 5.47.